The van der Waals surface area contributed by atoms with E-state index in [1.807, 2.05) is 49.6 Å². The number of benzene rings is 4. The standard InChI is InChI=1S/C30H23N3O3S/c1-31-22-14-12-20(13-15-22)26-19-32-30-29(28(26)21-8-4-2-5-9-21)25-18-23(16-17-27(25)33-30)36-37(34,35)24-10-6-3-7-11-24/h2-19,31H,1H3,(H,32,33). The molecule has 0 aliphatic heterocycles. The molecule has 6 nitrogen and oxygen atoms in total. The molecular formula is C30H23N3O3S. The van der Waals surface area contributed by atoms with Crippen molar-refractivity contribution in [2.75, 3.05) is 12.4 Å². The zero-order chi connectivity index (χ0) is 25.4. The van der Waals surface area contributed by atoms with Crippen molar-refractivity contribution in [1.82, 2.24) is 9.97 Å². The van der Waals surface area contributed by atoms with Crippen LogP contribution in [0.2, 0.25) is 0 Å². The van der Waals surface area contributed by atoms with Crippen LogP contribution in [-0.4, -0.2) is 25.4 Å². The highest BCUT2D eigenvalue weighted by Crippen LogP contribution is 2.41. The van der Waals surface area contributed by atoms with Crippen molar-refractivity contribution >= 4 is 37.7 Å². The number of rotatable bonds is 6. The third kappa shape index (κ3) is 4.19. The van der Waals surface area contributed by atoms with E-state index in [0.29, 0.717) is 5.65 Å². The van der Waals surface area contributed by atoms with Gasteiger partial charge in [-0.1, -0.05) is 60.7 Å². The Balaban J connectivity index is 1.57. The number of H-pyrrole nitrogens is 1. The van der Waals surface area contributed by atoms with E-state index < -0.39 is 10.1 Å². The minimum Gasteiger partial charge on any atom is -0.388 e. The van der Waals surface area contributed by atoms with Crippen LogP contribution in [0.25, 0.3) is 44.2 Å². The Labute approximate surface area is 214 Å². The lowest BCUT2D eigenvalue weighted by Gasteiger charge is -2.13. The van der Waals surface area contributed by atoms with Crippen molar-refractivity contribution in [3.8, 4) is 28.0 Å². The first-order valence-electron chi connectivity index (χ1n) is 11.8. The normalized spacial score (nSPS) is 11.6. The Kier molecular flexibility index (Phi) is 5.62. The summed E-state index contributed by atoms with van der Waals surface area (Å²) in [5, 5.41) is 4.89. The van der Waals surface area contributed by atoms with Gasteiger partial charge in [0.25, 0.3) is 0 Å². The number of hydrogen-bond acceptors (Lipinski definition) is 5. The molecule has 0 saturated carbocycles. The Bertz CT molecular complexity index is 1830. The molecule has 0 radical (unpaired) electrons. The van der Waals surface area contributed by atoms with Crippen LogP contribution < -0.4 is 9.50 Å². The second kappa shape index (κ2) is 9.11. The predicted molar refractivity (Wildman–Crippen MR) is 148 cm³/mol. The Morgan fingerprint density at radius 2 is 1.51 bits per heavy atom. The molecule has 0 fully saturated rings. The summed E-state index contributed by atoms with van der Waals surface area (Å²) >= 11 is 0. The van der Waals surface area contributed by atoms with Gasteiger partial charge in [0.2, 0.25) is 0 Å². The lowest BCUT2D eigenvalue weighted by Crippen LogP contribution is -2.09. The first kappa shape index (κ1) is 22.8. The van der Waals surface area contributed by atoms with Crippen molar-refractivity contribution in [3.63, 3.8) is 0 Å². The van der Waals surface area contributed by atoms with E-state index in [9.17, 15) is 8.42 Å². The number of nitrogens with zero attached hydrogens (tertiary/aromatic N) is 1. The molecule has 0 spiro atoms. The first-order valence-corrected chi connectivity index (χ1v) is 13.2. The molecule has 7 heteroatoms. The van der Waals surface area contributed by atoms with Gasteiger partial charge in [-0.15, -0.1) is 0 Å². The maximum absolute atomic E-state index is 12.9. The average molecular weight is 506 g/mol. The van der Waals surface area contributed by atoms with E-state index >= 15 is 0 Å². The highest BCUT2D eigenvalue weighted by Gasteiger charge is 2.20. The third-order valence-corrected chi connectivity index (χ3v) is 7.64. The van der Waals surface area contributed by atoms with Gasteiger partial charge in [-0.3, -0.25) is 0 Å². The smallest absolute Gasteiger partial charge is 0.339 e. The number of nitrogens with one attached hydrogen (secondary N) is 2. The summed E-state index contributed by atoms with van der Waals surface area (Å²) in [5.74, 6) is 0.236. The van der Waals surface area contributed by atoms with Gasteiger partial charge >= 0.3 is 10.1 Å². The number of aromatic nitrogens is 2. The van der Waals surface area contributed by atoms with Gasteiger partial charge in [-0.2, -0.15) is 8.42 Å². The van der Waals surface area contributed by atoms with E-state index in [2.05, 4.69) is 34.6 Å². The molecule has 0 bridgehead atoms. The fourth-order valence-electron chi connectivity index (χ4n) is 4.59. The molecule has 0 aliphatic rings. The van der Waals surface area contributed by atoms with Crippen LogP contribution in [0.1, 0.15) is 0 Å². The van der Waals surface area contributed by atoms with Gasteiger partial charge in [-0.05, 0) is 53.6 Å². The van der Waals surface area contributed by atoms with Gasteiger partial charge in [-0.25, -0.2) is 4.98 Å². The van der Waals surface area contributed by atoms with Gasteiger partial charge in [0.15, 0.2) is 0 Å². The highest BCUT2D eigenvalue weighted by molar-refractivity contribution is 7.87. The summed E-state index contributed by atoms with van der Waals surface area (Å²) < 4.78 is 31.3. The molecule has 6 rings (SSSR count). The lowest BCUT2D eigenvalue weighted by molar-refractivity contribution is 0.486. The number of pyridine rings is 1. The Hall–Kier alpha value is -4.62. The quantitative estimate of drug-likeness (QED) is 0.242. The maximum Gasteiger partial charge on any atom is 0.339 e. The van der Waals surface area contributed by atoms with Crippen LogP contribution in [0.15, 0.2) is 114 Å². The Morgan fingerprint density at radius 1 is 0.811 bits per heavy atom. The molecular weight excluding hydrogens is 482 g/mol. The fourth-order valence-corrected chi connectivity index (χ4v) is 5.53. The van der Waals surface area contributed by atoms with Crippen LogP contribution in [-0.2, 0) is 10.1 Å². The van der Waals surface area contributed by atoms with Crippen LogP contribution in [0.4, 0.5) is 5.69 Å². The molecule has 2 heterocycles. The van der Waals surface area contributed by atoms with Crippen molar-refractivity contribution in [2.24, 2.45) is 0 Å². The van der Waals surface area contributed by atoms with E-state index in [1.165, 1.54) is 12.1 Å². The zero-order valence-electron chi connectivity index (χ0n) is 20.0. The summed E-state index contributed by atoms with van der Waals surface area (Å²) in [7, 11) is -2.08. The van der Waals surface area contributed by atoms with Crippen LogP contribution in [0, 0.1) is 0 Å². The summed E-state index contributed by atoms with van der Waals surface area (Å²) in [6.07, 6.45) is 1.88. The first-order chi connectivity index (χ1) is 18.0. The van der Waals surface area contributed by atoms with Gasteiger partial charge in [0.1, 0.15) is 16.3 Å². The molecule has 2 aromatic heterocycles. The monoisotopic (exact) mass is 505 g/mol. The summed E-state index contributed by atoms with van der Waals surface area (Å²) in [4.78, 5) is 8.23. The summed E-state index contributed by atoms with van der Waals surface area (Å²) in [6, 6.07) is 31.7. The molecule has 0 amide bonds. The van der Waals surface area contributed by atoms with E-state index in [-0.39, 0.29) is 10.6 Å². The van der Waals surface area contributed by atoms with Gasteiger partial charge < -0.3 is 14.5 Å². The minimum absolute atomic E-state index is 0.105. The molecule has 0 unspecified atom stereocenters. The lowest BCUT2D eigenvalue weighted by atomic mass is 9.92. The highest BCUT2D eigenvalue weighted by atomic mass is 32.2. The predicted octanol–water partition coefficient (Wildman–Crippen LogP) is 6.86. The van der Waals surface area contributed by atoms with Crippen molar-refractivity contribution in [3.05, 3.63) is 109 Å². The minimum atomic E-state index is -3.97. The van der Waals surface area contributed by atoms with Gasteiger partial charge in [0.05, 0.1) is 0 Å². The molecule has 4 aromatic carbocycles. The molecule has 0 atom stereocenters. The second-order valence-corrected chi connectivity index (χ2v) is 10.2. The maximum atomic E-state index is 12.9. The Morgan fingerprint density at radius 3 is 2.22 bits per heavy atom. The number of hydrogen-bond donors (Lipinski definition) is 2. The van der Waals surface area contributed by atoms with E-state index in [4.69, 9.17) is 9.17 Å². The van der Waals surface area contributed by atoms with E-state index in [1.54, 1.807) is 30.3 Å². The largest absolute Gasteiger partial charge is 0.388 e. The van der Waals surface area contributed by atoms with Crippen molar-refractivity contribution in [2.45, 2.75) is 4.90 Å². The molecule has 0 saturated heterocycles. The SMILES string of the molecule is CNc1ccc(-c2cnc3[nH]c4ccc(OS(=O)(=O)c5ccccc5)cc4c3c2-c2ccccc2)cc1. The van der Waals surface area contributed by atoms with Crippen LogP contribution >= 0.6 is 0 Å². The third-order valence-electron chi connectivity index (χ3n) is 6.38. The molecule has 2 N–H and O–H groups in total. The number of fused-ring (bicyclic) bond motifs is 3. The average Bonchev–Trinajstić information content (AvgIpc) is 3.31. The summed E-state index contributed by atoms with van der Waals surface area (Å²) in [5.41, 5.74) is 6.63. The molecule has 0 aliphatic carbocycles. The van der Waals surface area contributed by atoms with Crippen molar-refractivity contribution in [1.29, 1.82) is 0 Å². The van der Waals surface area contributed by atoms with E-state index in [0.717, 1.165) is 44.2 Å². The molecule has 6 aromatic rings. The van der Waals surface area contributed by atoms with Crippen LogP contribution in [0.5, 0.6) is 5.75 Å². The molecule has 37 heavy (non-hydrogen) atoms. The second-order valence-electron chi connectivity index (χ2n) is 8.65. The number of aromatic amines is 1. The topological polar surface area (TPSA) is 84.1 Å². The zero-order valence-corrected chi connectivity index (χ0v) is 20.8. The molecule has 182 valence electrons. The van der Waals surface area contributed by atoms with Gasteiger partial charge in [0, 0.05) is 46.3 Å². The van der Waals surface area contributed by atoms with Crippen LogP contribution in [0.3, 0.4) is 0 Å². The van der Waals surface area contributed by atoms with Crippen molar-refractivity contribution < 1.29 is 12.6 Å². The number of anilines is 1. The fraction of sp³-hybridized carbons (Fsp3) is 0.0333. The summed E-state index contributed by atoms with van der Waals surface area (Å²) in [6.45, 7) is 0.